The van der Waals surface area contributed by atoms with Crippen LogP contribution in [0.25, 0.3) is 0 Å². The predicted molar refractivity (Wildman–Crippen MR) is 86.6 cm³/mol. The fraction of sp³-hybridized carbons (Fsp3) is 0.111. The molecule has 0 saturated heterocycles. The van der Waals surface area contributed by atoms with Gasteiger partial charge >= 0.3 is 0 Å². The van der Waals surface area contributed by atoms with Gasteiger partial charge in [-0.2, -0.15) is 5.10 Å². The van der Waals surface area contributed by atoms with Crippen LogP contribution in [0, 0.1) is 0 Å². The maximum Gasteiger partial charge on any atom is 0.259 e. The summed E-state index contributed by atoms with van der Waals surface area (Å²) in [5.41, 5.74) is 1.72. The van der Waals surface area contributed by atoms with E-state index in [1.807, 2.05) is 80.0 Å². The zero-order valence-electron chi connectivity index (χ0n) is 12.4. The van der Waals surface area contributed by atoms with E-state index in [2.05, 4.69) is 5.10 Å². The molecule has 110 valence electrons. The number of rotatable bonds is 4. The molecule has 0 bridgehead atoms. The van der Waals surface area contributed by atoms with Crippen LogP contribution >= 0.6 is 0 Å². The number of anilines is 1. The lowest BCUT2D eigenvalue weighted by Gasteiger charge is -2.20. The van der Waals surface area contributed by atoms with E-state index in [1.54, 1.807) is 9.58 Å². The van der Waals surface area contributed by atoms with Crippen molar-refractivity contribution in [3.05, 3.63) is 84.1 Å². The Balaban J connectivity index is 1.94. The molecule has 0 N–H and O–H groups in total. The predicted octanol–water partition coefficient (Wildman–Crippen LogP) is 3.27. The molecule has 0 aliphatic rings. The lowest BCUT2D eigenvalue weighted by molar-refractivity contribution is 0.0984. The Bertz CT molecular complexity index is 750. The molecule has 4 heteroatoms. The number of amides is 1. The summed E-state index contributed by atoms with van der Waals surface area (Å²) in [6.07, 6.45) is 1.84. The van der Waals surface area contributed by atoms with Crippen LogP contribution in [-0.4, -0.2) is 15.7 Å². The fourth-order valence-electron chi connectivity index (χ4n) is 2.31. The van der Waals surface area contributed by atoms with Crippen molar-refractivity contribution in [2.75, 3.05) is 4.90 Å². The highest BCUT2D eigenvalue weighted by Crippen LogP contribution is 2.18. The van der Waals surface area contributed by atoms with Crippen LogP contribution in [0.3, 0.4) is 0 Å². The summed E-state index contributed by atoms with van der Waals surface area (Å²) < 4.78 is 1.70. The third-order valence-electron chi connectivity index (χ3n) is 3.43. The third kappa shape index (κ3) is 3.06. The smallest absolute Gasteiger partial charge is 0.259 e. The lowest BCUT2D eigenvalue weighted by atomic mass is 10.1. The fourth-order valence-corrected chi connectivity index (χ4v) is 2.31. The zero-order chi connectivity index (χ0) is 15.4. The Labute approximate surface area is 129 Å². The van der Waals surface area contributed by atoms with Crippen molar-refractivity contribution < 1.29 is 4.79 Å². The van der Waals surface area contributed by atoms with Gasteiger partial charge < -0.3 is 0 Å². The molecule has 0 atom stereocenters. The SMILES string of the molecule is Cn1ccc(N(Cc2ccccc2)C(=O)c2ccccc2)n1. The second-order valence-electron chi connectivity index (χ2n) is 5.09. The molecule has 0 aliphatic carbocycles. The Morgan fingerprint density at radius 1 is 1.00 bits per heavy atom. The number of nitrogens with zero attached hydrogens (tertiary/aromatic N) is 3. The molecule has 3 aromatic rings. The third-order valence-corrected chi connectivity index (χ3v) is 3.43. The van der Waals surface area contributed by atoms with Gasteiger partial charge in [0.05, 0.1) is 6.54 Å². The van der Waals surface area contributed by atoms with Crippen molar-refractivity contribution in [3.63, 3.8) is 0 Å². The summed E-state index contributed by atoms with van der Waals surface area (Å²) in [7, 11) is 1.84. The summed E-state index contributed by atoms with van der Waals surface area (Å²) in [5.74, 6) is 0.600. The van der Waals surface area contributed by atoms with Crippen molar-refractivity contribution in [1.29, 1.82) is 0 Å². The number of aromatic nitrogens is 2. The maximum atomic E-state index is 12.8. The maximum absolute atomic E-state index is 12.8. The summed E-state index contributed by atoms with van der Waals surface area (Å²) in [6.45, 7) is 0.492. The first-order valence-electron chi connectivity index (χ1n) is 7.14. The quantitative estimate of drug-likeness (QED) is 0.740. The van der Waals surface area contributed by atoms with Crippen LogP contribution < -0.4 is 4.90 Å². The first-order valence-corrected chi connectivity index (χ1v) is 7.14. The highest BCUT2D eigenvalue weighted by Gasteiger charge is 2.19. The van der Waals surface area contributed by atoms with Crippen LogP contribution in [0.4, 0.5) is 5.82 Å². The van der Waals surface area contributed by atoms with Crippen LogP contribution in [0.1, 0.15) is 15.9 Å². The van der Waals surface area contributed by atoms with Gasteiger partial charge in [-0.1, -0.05) is 48.5 Å². The van der Waals surface area contributed by atoms with E-state index in [1.165, 1.54) is 0 Å². The first-order chi connectivity index (χ1) is 10.7. The molecule has 1 aromatic heterocycles. The topological polar surface area (TPSA) is 38.1 Å². The minimum absolute atomic E-state index is 0.0526. The molecule has 22 heavy (non-hydrogen) atoms. The normalized spacial score (nSPS) is 10.4. The highest BCUT2D eigenvalue weighted by molar-refractivity contribution is 6.05. The summed E-state index contributed by atoms with van der Waals surface area (Å²) in [6, 6.07) is 21.1. The van der Waals surface area contributed by atoms with Crippen molar-refractivity contribution >= 4 is 11.7 Å². The van der Waals surface area contributed by atoms with Gasteiger partial charge in [-0.15, -0.1) is 0 Å². The molecule has 2 aromatic carbocycles. The van der Waals surface area contributed by atoms with E-state index in [9.17, 15) is 4.79 Å². The molecule has 1 amide bonds. The summed E-state index contributed by atoms with van der Waals surface area (Å²) in [4.78, 5) is 14.5. The summed E-state index contributed by atoms with van der Waals surface area (Å²) >= 11 is 0. The van der Waals surface area contributed by atoms with Gasteiger partial charge in [-0.05, 0) is 17.7 Å². The van der Waals surface area contributed by atoms with Gasteiger partial charge in [0.15, 0.2) is 5.82 Å². The number of hydrogen-bond donors (Lipinski definition) is 0. The number of benzene rings is 2. The molecule has 4 nitrogen and oxygen atoms in total. The van der Waals surface area contributed by atoms with Gasteiger partial charge in [0, 0.05) is 24.9 Å². The van der Waals surface area contributed by atoms with Crippen LogP contribution in [0.15, 0.2) is 72.9 Å². The summed E-state index contributed by atoms with van der Waals surface area (Å²) in [5, 5.41) is 4.38. The molecule has 3 rings (SSSR count). The van der Waals surface area contributed by atoms with Crippen molar-refractivity contribution in [1.82, 2.24) is 9.78 Å². The standard InChI is InChI=1S/C18H17N3O/c1-20-13-12-17(19-20)21(14-15-8-4-2-5-9-15)18(22)16-10-6-3-7-11-16/h2-13H,14H2,1H3. The Morgan fingerprint density at radius 2 is 1.64 bits per heavy atom. The largest absolute Gasteiger partial charge is 0.287 e. The molecule has 0 saturated carbocycles. The van der Waals surface area contributed by atoms with E-state index in [0.717, 1.165) is 5.56 Å². The molecular formula is C18H17N3O. The number of aryl methyl sites for hydroxylation is 1. The minimum Gasteiger partial charge on any atom is -0.287 e. The zero-order valence-corrected chi connectivity index (χ0v) is 12.4. The van der Waals surface area contributed by atoms with Gasteiger partial charge in [-0.3, -0.25) is 14.4 Å². The minimum atomic E-state index is -0.0526. The first kappa shape index (κ1) is 14.1. The van der Waals surface area contributed by atoms with Gasteiger partial charge in [0.1, 0.15) is 0 Å². The van der Waals surface area contributed by atoms with Crippen LogP contribution in [-0.2, 0) is 13.6 Å². The van der Waals surface area contributed by atoms with E-state index in [4.69, 9.17) is 0 Å². The molecule has 0 fully saturated rings. The molecule has 0 spiro atoms. The number of carbonyl (C=O) groups excluding carboxylic acids is 1. The molecule has 0 unspecified atom stereocenters. The Kier molecular flexibility index (Phi) is 4.01. The van der Waals surface area contributed by atoms with Gasteiger partial charge in [-0.25, -0.2) is 0 Å². The Hall–Kier alpha value is -2.88. The second kappa shape index (κ2) is 6.26. The lowest BCUT2D eigenvalue weighted by Crippen LogP contribution is -2.30. The highest BCUT2D eigenvalue weighted by atomic mass is 16.2. The van der Waals surface area contributed by atoms with Gasteiger partial charge in [0.25, 0.3) is 5.91 Å². The van der Waals surface area contributed by atoms with Crippen molar-refractivity contribution in [2.24, 2.45) is 7.05 Å². The van der Waals surface area contributed by atoms with Crippen molar-refractivity contribution in [3.8, 4) is 0 Å². The van der Waals surface area contributed by atoms with E-state index < -0.39 is 0 Å². The Morgan fingerprint density at radius 3 is 2.23 bits per heavy atom. The van der Waals surface area contributed by atoms with Crippen LogP contribution in [0.5, 0.6) is 0 Å². The average Bonchev–Trinajstić information content (AvgIpc) is 3.00. The number of hydrogen-bond acceptors (Lipinski definition) is 2. The average molecular weight is 291 g/mol. The molecule has 0 radical (unpaired) electrons. The van der Waals surface area contributed by atoms with E-state index in [0.29, 0.717) is 17.9 Å². The second-order valence-corrected chi connectivity index (χ2v) is 5.09. The van der Waals surface area contributed by atoms with E-state index in [-0.39, 0.29) is 5.91 Å². The monoisotopic (exact) mass is 291 g/mol. The van der Waals surface area contributed by atoms with Gasteiger partial charge in [0.2, 0.25) is 0 Å². The van der Waals surface area contributed by atoms with E-state index >= 15 is 0 Å². The molecule has 1 heterocycles. The molecule has 0 aliphatic heterocycles. The molecular weight excluding hydrogens is 274 g/mol. The number of carbonyl (C=O) groups is 1. The van der Waals surface area contributed by atoms with Crippen molar-refractivity contribution in [2.45, 2.75) is 6.54 Å². The van der Waals surface area contributed by atoms with Crippen LogP contribution in [0.2, 0.25) is 0 Å².